The number of benzene rings is 1. The van der Waals surface area contributed by atoms with Crippen molar-refractivity contribution < 1.29 is 27.5 Å². The van der Waals surface area contributed by atoms with Crippen molar-refractivity contribution in [3.05, 3.63) is 29.8 Å². The molecule has 5 nitrogen and oxygen atoms in total. The third-order valence-corrected chi connectivity index (χ3v) is 4.16. The normalized spacial score (nSPS) is 16.7. The zero-order valence-corrected chi connectivity index (χ0v) is 14.6. The highest BCUT2D eigenvalue weighted by atomic mass is 19.4. The van der Waals surface area contributed by atoms with Crippen LogP contribution in [0.25, 0.3) is 0 Å². The maximum Gasteiger partial charge on any atom is 0.411 e. The highest BCUT2D eigenvalue weighted by molar-refractivity contribution is 5.96. The first kappa shape index (κ1) is 20.2. The van der Waals surface area contributed by atoms with Crippen molar-refractivity contribution in [3.8, 4) is 0 Å². The second kappa shape index (κ2) is 9.02. The first-order chi connectivity index (χ1) is 12.3. The van der Waals surface area contributed by atoms with Crippen LogP contribution in [0.2, 0.25) is 0 Å². The van der Waals surface area contributed by atoms with Crippen LogP contribution in [0.1, 0.15) is 43.0 Å². The molecular weight excluding hydrogens is 349 g/mol. The molecule has 2 amide bonds. The molecule has 1 aromatic rings. The SMILES string of the molecule is CC(OCC(F)(F)F)C(=O)Nc1ccc(C(=O)N2CCCCCC2)cc1. The van der Waals surface area contributed by atoms with Crippen LogP contribution in [0.3, 0.4) is 0 Å². The number of carbonyl (C=O) groups is 2. The van der Waals surface area contributed by atoms with E-state index in [2.05, 4.69) is 10.1 Å². The van der Waals surface area contributed by atoms with Crippen LogP contribution >= 0.6 is 0 Å². The fraction of sp³-hybridized carbons (Fsp3) is 0.556. The van der Waals surface area contributed by atoms with E-state index in [1.165, 1.54) is 6.92 Å². The standard InChI is InChI=1S/C18H23F3N2O3/c1-13(26-12-18(19,20)21)16(24)22-15-8-6-14(7-9-15)17(25)23-10-4-2-3-5-11-23/h6-9,13H,2-5,10-12H2,1H3,(H,22,24). The monoisotopic (exact) mass is 372 g/mol. The number of alkyl halides is 3. The van der Waals surface area contributed by atoms with Crippen molar-refractivity contribution in [2.45, 2.75) is 44.9 Å². The van der Waals surface area contributed by atoms with Crippen molar-refractivity contribution in [2.75, 3.05) is 25.0 Å². The van der Waals surface area contributed by atoms with Gasteiger partial charge in [-0.05, 0) is 44.0 Å². The summed E-state index contributed by atoms with van der Waals surface area (Å²) in [6.07, 6.45) is -1.47. The summed E-state index contributed by atoms with van der Waals surface area (Å²) in [4.78, 5) is 26.2. The average molecular weight is 372 g/mol. The van der Waals surface area contributed by atoms with Gasteiger partial charge in [-0.15, -0.1) is 0 Å². The molecule has 8 heteroatoms. The molecule has 1 aliphatic rings. The third kappa shape index (κ3) is 6.33. The van der Waals surface area contributed by atoms with Crippen molar-refractivity contribution in [3.63, 3.8) is 0 Å². The summed E-state index contributed by atoms with van der Waals surface area (Å²) in [6, 6.07) is 6.31. The number of hydrogen-bond donors (Lipinski definition) is 1. The van der Waals surface area contributed by atoms with Crippen LogP contribution in [0.4, 0.5) is 18.9 Å². The Labute approximate surface area is 150 Å². The molecule has 1 N–H and O–H groups in total. The van der Waals surface area contributed by atoms with Crippen LogP contribution in [-0.2, 0) is 9.53 Å². The lowest BCUT2D eigenvalue weighted by molar-refractivity contribution is -0.184. The van der Waals surface area contributed by atoms with Gasteiger partial charge < -0.3 is 15.0 Å². The third-order valence-electron chi connectivity index (χ3n) is 4.16. The van der Waals surface area contributed by atoms with Crippen molar-refractivity contribution >= 4 is 17.5 Å². The molecule has 0 spiro atoms. The van der Waals surface area contributed by atoms with E-state index in [0.717, 1.165) is 38.8 Å². The van der Waals surface area contributed by atoms with E-state index < -0.39 is 24.8 Å². The second-order valence-corrected chi connectivity index (χ2v) is 6.34. The van der Waals surface area contributed by atoms with Crippen LogP contribution in [0.5, 0.6) is 0 Å². The van der Waals surface area contributed by atoms with E-state index >= 15 is 0 Å². The molecule has 26 heavy (non-hydrogen) atoms. The van der Waals surface area contributed by atoms with Crippen LogP contribution in [0.15, 0.2) is 24.3 Å². The van der Waals surface area contributed by atoms with Crippen LogP contribution in [-0.4, -0.2) is 48.7 Å². The predicted octanol–water partition coefficient (Wildman–Crippen LogP) is 3.61. The fourth-order valence-electron chi connectivity index (χ4n) is 2.69. The molecule has 0 aliphatic carbocycles. The van der Waals surface area contributed by atoms with E-state index in [0.29, 0.717) is 11.3 Å². The van der Waals surface area contributed by atoms with Gasteiger partial charge in [0.15, 0.2) is 0 Å². The van der Waals surface area contributed by atoms with Gasteiger partial charge in [0.1, 0.15) is 12.7 Å². The van der Waals surface area contributed by atoms with Crippen molar-refractivity contribution in [1.29, 1.82) is 0 Å². The summed E-state index contributed by atoms with van der Waals surface area (Å²) < 4.78 is 40.8. The zero-order chi connectivity index (χ0) is 19.2. The van der Waals surface area contributed by atoms with E-state index in [1.54, 1.807) is 24.3 Å². The van der Waals surface area contributed by atoms with Gasteiger partial charge in [-0.3, -0.25) is 9.59 Å². The molecule has 144 valence electrons. The molecule has 0 radical (unpaired) electrons. The largest absolute Gasteiger partial charge is 0.411 e. The number of rotatable bonds is 5. The van der Waals surface area contributed by atoms with Gasteiger partial charge in [-0.2, -0.15) is 13.2 Å². The van der Waals surface area contributed by atoms with Crippen molar-refractivity contribution in [2.24, 2.45) is 0 Å². The smallest absolute Gasteiger partial charge is 0.359 e. The van der Waals surface area contributed by atoms with Gasteiger partial charge in [0.25, 0.3) is 11.8 Å². The quantitative estimate of drug-likeness (QED) is 0.859. The molecule has 2 rings (SSSR count). The summed E-state index contributed by atoms with van der Waals surface area (Å²) in [5.74, 6) is -0.729. The lowest BCUT2D eigenvalue weighted by Gasteiger charge is -2.20. The molecular formula is C18H23F3N2O3. The number of carbonyl (C=O) groups excluding carboxylic acids is 2. The van der Waals surface area contributed by atoms with Gasteiger partial charge in [0.2, 0.25) is 0 Å². The maximum atomic E-state index is 12.5. The summed E-state index contributed by atoms with van der Waals surface area (Å²) in [7, 11) is 0. The lowest BCUT2D eigenvalue weighted by atomic mass is 10.1. The Morgan fingerprint density at radius 2 is 1.69 bits per heavy atom. The highest BCUT2D eigenvalue weighted by Crippen LogP contribution is 2.17. The van der Waals surface area contributed by atoms with Crippen molar-refractivity contribution in [1.82, 2.24) is 4.90 Å². The summed E-state index contributed by atoms with van der Waals surface area (Å²) in [5, 5.41) is 2.48. The second-order valence-electron chi connectivity index (χ2n) is 6.34. The molecule has 1 aliphatic heterocycles. The van der Waals surface area contributed by atoms with E-state index in [-0.39, 0.29) is 5.91 Å². The first-order valence-electron chi connectivity index (χ1n) is 8.65. The summed E-state index contributed by atoms with van der Waals surface area (Å²) in [5.41, 5.74) is 0.913. The Morgan fingerprint density at radius 1 is 1.12 bits per heavy atom. The fourth-order valence-corrected chi connectivity index (χ4v) is 2.69. The predicted molar refractivity (Wildman–Crippen MR) is 90.9 cm³/mol. The van der Waals surface area contributed by atoms with Crippen LogP contribution in [0, 0.1) is 0 Å². The minimum atomic E-state index is -4.48. The van der Waals surface area contributed by atoms with E-state index in [1.807, 2.05) is 4.90 Å². The number of ether oxygens (including phenoxy) is 1. The van der Waals surface area contributed by atoms with Gasteiger partial charge in [-0.25, -0.2) is 0 Å². The Morgan fingerprint density at radius 3 is 2.23 bits per heavy atom. The molecule has 1 atom stereocenters. The summed E-state index contributed by atoms with van der Waals surface area (Å²) >= 11 is 0. The lowest BCUT2D eigenvalue weighted by Crippen LogP contribution is -2.32. The zero-order valence-electron chi connectivity index (χ0n) is 14.6. The highest BCUT2D eigenvalue weighted by Gasteiger charge is 2.30. The Balaban J connectivity index is 1.90. The molecule has 1 fully saturated rings. The number of hydrogen-bond acceptors (Lipinski definition) is 3. The van der Waals surface area contributed by atoms with E-state index in [9.17, 15) is 22.8 Å². The molecule has 0 bridgehead atoms. The van der Waals surface area contributed by atoms with Gasteiger partial charge in [-0.1, -0.05) is 12.8 Å². The number of anilines is 1. The average Bonchev–Trinajstić information content (AvgIpc) is 2.88. The van der Waals surface area contributed by atoms with Gasteiger partial charge in [0.05, 0.1) is 0 Å². The Hall–Kier alpha value is -2.09. The number of nitrogens with one attached hydrogen (secondary N) is 1. The molecule has 1 heterocycles. The number of likely N-dealkylation sites (tertiary alicyclic amines) is 1. The molecule has 0 aromatic heterocycles. The molecule has 1 saturated heterocycles. The minimum Gasteiger partial charge on any atom is -0.359 e. The Bertz CT molecular complexity index is 609. The number of nitrogens with zero attached hydrogens (tertiary/aromatic N) is 1. The van der Waals surface area contributed by atoms with Crippen LogP contribution < -0.4 is 5.32 Å². The topological polar surface area (TPSA) is 58.6 Å². The molecule has 1 aromatic carbocycles. The van der Waals surface area contributed by atoms with E-state index in [4.69, 9.17) is 0 Å². The summed E-state index contributed by atoms with van der Waals surface area (Å²) in [6.45, 7) is 1.25. The number of amides is 2. The first-order valence-corrected chi connectivity index (χ1v) is 8.65. The molecule has 0 saturated carbocycles. The number of halogens is 3. The van der Waals surface area contributed by atoms with Gasteiger partial charge in [0, 0.05) is 24.3 Å². The molecule has 1 unspecified atom stereocenters. The minimum absolute atomic E-state index is 0.0494. The maximum absolute atomic E-state index is 12.5. The van der Waals surface area contributed by atoms with Gasteiger partial charge >= 0.3 is 6.18 Å². The Kier molecular flexibility index (Phi) is 7.02.